The predicted molar refractivity (Wildman–Crippen MR) is 46.6 cm³/mol. The van der Waals surface area contributed by atoms with Gasteiger partial charge < -0.3 is 10.8 Å². The molecule has 4 atom stereocenters. The SMILES string of the molecule is Cl.N[C@@H]1[C@@H]2CC[C@@H](C2)[C@@H]1CO. The van der Waals surface area contributed by atoms with Gasteiger partial charge in [0.2, 0.25) is 0 Å². The summed E-state index contributed by atoms with van der Waals surface area (Å²) in [7, 11) is 0. The maximum Gasteiger partial charge on any atom is 0.0476 e. The first kappa shape index (κ1) is 9.30. The molecule has 0 saturated heterocycles. The van der Waals surface area contributed by atoms with Gasteiger partial charge in [-0.1, -0.05) is 0 Å². The topological polar surface area (TPSA) is 46.2 Å². The van der Waals surface area contributed by atoms with Gasteiger partial charge in [0, 0.05) is 18.6 Å². The molecule has 66 valence electrons. The highest BCUT2D eigenvalue weighted by molar-refractivity contribution is 5.85. The normalized spacial score (nSPS) is 47.5. The molecule has 0 aliphatic heterocycles. The zero-order chi connectivity index (χ0) is 7.14. The summed E-state index contributed by atoms with van der Waals surface area (Å²) in [4.78, 5) is 0. The van der Waals surface area contributed by atoms with Crippen molar-refractivity contribution in [3.05, 3.63) is 0 Å². The van der Waals surface area contributed by atoms with Crippen LogP contribution >= 0.6 is 12.4 Å². The lowest BCUT2D eigenvalue weighted by Gasteiger charge is -2.25. The molecule has 0 radical (unpaired) electrons. The minimum Gasteiger partial charge on any atom is -0.396 e. The maximum absolute atomic E-state index is 8.98. The van der Waals surface area contributed by atoms with Crippen molar-refractivity contribution in [2.75, 3.05) is 6.61 Å². The fourth-order valence-corrected chi connectivity index (χ4v) is 2.73. The van der Waals surface area contributed by atoms with Crippen LogP contribution in [0.3, 0.4) is 0 Å². The van der Waals surface area contributed by atoms with Crippen LogP contribution in [-0.2, 0) is 0 Å². The Morgan fingerprint density at radius 3 is 2.27 bits per heavy atom. The van der Waals surface area contributed by atoms with E-state index in [4.69, 9.17) is 10.8 Å². The number of fused-ring (bicyclic) bond motifs is 2. The second-order valence-electron chi connectivity index (χ2n) is 3.76. The van der Waals surface area contributed by atoms with Gasteiger partial charge in [-0.3, -0.25) is 0 Å². The van der Waals surface area contributed by atoms with Crippen molar-refractivity contribution >= 4 is 12.4 Å². The monoisotopic (exact) mass is 177 g/mol. The van der Waals surface area contributed by atoms with Gasteiger partial charge >= 0.3 is 0 Å². The van der Waals surface area contributed by atoms with Crippen LogP contribution in [0.25, 0.3) is 0 Å². The summed E-state index contributed by atoms with van der Waals surface area (Å²) in [5, 5.41) is 8.98. The lowest BCUT2D eigenvalue weighted by Crippen LogP contribution is -2.37. The molecule has 0 aromatic heterocycles. The summed E-state index contributed by atoms with van der Waals surface area (Å²) < 4.78 is 0. The van der Waals surface area contributed by atoms with Gasteiger partial charge in [-0.2, -0.15) is 0 Å². The van der Waals surface area contributed by atoms with Crippen LogP contribution < -0.4 is 5.73 Å². The summed E-state index contributed by atoms with van der Waals surface area (Å²) in [6, 6.07) is 0.309. The van der Waals surface area contributed by atoms with Crippen LogP contribution in [0.4, 0.5) is 0 Å². The second-order valence-corrected chi connectivity index (χ2v) is 3.76. The molecule has 2 aliphatic rings. The first-order chi connectivity index (χ1) is 4.83. The highest BCUT2D eigenvalue weighted by atomic mass is 35.5. The fraction of sp³-hybridized carbons (Fsp3) is 1.00. The van der Waals surface area contributed by atoms with E-state index < -0.39 is 0 Å². The van der Waals surface area contributed by atoms with Crippen LogP contribution in [-0.4, -0.2) is 17.8 Å². The first-order valence-corrected chi connectivity index (χ1v) is 4.19. The standard InChI is InChI=1S/C8H15NO.ClH/c9-8-6-2-1-5(3-6)7(8)4-10;/h5-8,10H,1-4,9H2;1H/t5-,6+,7-,8+;/m0./s1. The molecular formula is C8H16ClNO. The molecule has 0 aromatic rings. The number of hydrogen-bond acceptors (Lipinski definition) is 2. The quantitative estimate of drug-likeness (QED) is 0.622. The predicted octanol–water partition coefficient (Wildman–Crippen LogP) is 0.774. The summed E-state index contributed by atoms with van der Waals surface area (Å²) in [6.07, 6.45) is 3.90. The van der Waals surface area contributed by atoms with Crippen LogP contribution in [0.15, 0.2) is 0 Å². The third kappa shape index (κ3) is 1.28. The third-order valence-electron chi connectivity index (χ3n) is 3.37. The molecular weight excluding hydrogens is 162 g/mol. The Labute approximate surface area is 73.6 Å². The van der Waals surface area contributed by atoms with E-state index in [1.807, 2.05) is 0 Å². The highest BCUT2D eigenvalue weighted by Crippen LogP contribution is 2.47. The molecule has 2 aliphatic carbocycles. The Balaban J connectivity index is 0.000000605. The van der Waals surface area contributed by atoms with Crippen LogP contribution in [0.2, 0.25) is 0 Å². The molecule has 0 spiro atoms. The van der Waals surface area contributed by atoms with Crippen LogP contribution in [0.1, 0.15) is 19.3 Å². The van der Waals surface area contributed by atoms with Crippen molar-refractivity contribution in [1.82, 2.24) is 0 Å². The Morgan fingerprint density at radius 2 is 1.91 bits per heavy atom. The Hall–Kier alpha value is 0.210. The number of aliphatic hydroxyl groups excluding tert-OH is 1. The van der Waals surface area contributed by atoms with Gasteiger partial charge in [-0.25, -0.2) is 0 Å². The molecule has 0 heterocycles. The molecule has 3 N–H and O–H groups in total. The van der Waals surface area contributed by atoms with Gasteiger partial charge in [0.1, 0.15) is 0 Å². The smallest absolute Gasteiger partial charge is 0.0476 e. The third-order valence-corrected chi connectivity index (χ3v) is 3.37. The summed E-state index contributed by atoms with van der Waals surface area (Å²) in [6.45, 7) is 0.308. The molecule has 2 nitrogen and oxygen atoms in total. The molecule has 0 unspecified atom stereocenters. The Morgan fingerprint density at radius 1 is 1.27 bits per heavy atom. The van der Waals surface area contributed by atoms with E-state index in [9.17, 15) is 0 Å². The van der Waals surface area contributed by atoms with E-state index in [1.165, 1.54) is 19.3 Å². The fourth-order valence-electron chi connectivity index (χ4n) is 2.73. The summed E-state index contributed by atoms with van der Waals surface area (Å²) in [5.74, 6) is 1.92. The number of halogens is 1. The summed E-state index contributed by atoms with van der Waals surface area (Å²) in [5.41, 5.74) is 5.91. The molecule has 2 rings (SSSR count). The lowest BCUT2D eigenvalue weighted by atomic mass is 9.86. The minimum atomic E-state index is 0. The molecule has 2 saturated carbocycles. The van der Waals surface area contributed by atoms with Gasteiger partial charge in [-0.15, -0.1) is 12.4 Å². The van der Waals surface area contributed by atoms with Gasteiger partial charge in [0.15, 0.2) is 0 Å². The molecule has 3 heteroatoms. The van der Waals surface area contributed by atoms with E-state index in [0.717, 1.165) is 11.8 Å². The molecule has 0 aromatic carbocycles. The van der Waals surface area contributed by atoms with Crippen molar-refractivity contribution in [3.8, 4) is 0 Å². The molecule has 2 bridgehead atoms. The highest BCUT2D eigenvalue weighted by Gasteiger charge is 2.44. The number of nitrogens with two attached hydrogens (primary N) is 1. The lowest BCUT2D eigenvalue weighted by molar-refractivity contribution is 0.159. The zero-order valence-corrected chi connectivity index (χ0v) is 7.39. The van der Waals surface area contributed by atoms with Gasteiger partial charge in [-0.05, 0) is 31.1 Å². The average Bonchev–Trinajstić information content (AvgIpc) is 2.46. The Bertz CT molecular complexity index is 140. The van der Waals surface area contributed by atoms with Crippen molar-refractivity contribution in [2.45, 2.75) is 25.3 Å². The summed E-state index contributed by atoms with van der Waals surface area (Å²) >= 11 is 0. The van der Waals surface area contributed by atoms with E-state index in [-0.39, 0.29) is 12.4 Å². The Kier molecular flexibility index (Phi) is 2.79. The number of aliphatic hydroxyl groups is 1. The minimum absolute atomic E-state index is 0. The number of hydrogen-bond donors (Lipinski definition) is 2. The molecule has 2 fully saturated rings. The van der Waals surface area contributed by atoms with Gasteiger partial charge in [0.25, 0.3) is 0 Å². The molecule has 0 amide bonds. The maximum atomic E-state index is 8.98. The van der Waals surface area contributed by atoms with Crippen molar-refractivity contribution in [3.63, 3.8) is 0 Å². The van der Waals surface area contributed by atoms with E-state index in [1.54, 1.807) is 0 Å². The largest absolute Gasteiger partial charge is 0.396 e. The van der Waals surface area contributed by atoms with E-state index >= 15 is 0 Å². The van der Waals surface area contributed by atoms with Crippen molar-refractivity contribution in [2.24, 2.45) is 23.5 Å². The molecule has 11 heavy (non-hydrogen) atoms. The van der Waals surface area contributed by atoms with Crippen molar-refractivity contribution in [1.29, 1.82) is 0 Å². The van der Waals surface area contributed by atoms with Crippen LogP contribution in [0, 0.1) is 17.8 Å². The van der Waals surface area contributed by atoms with Crippen LogP contribution in [0.5, 0.6) is 0 Å². The average molecular weight is 178 g/mol. The zero-order valence-electron chi connectivity index (χ0n) is 6.57. The van der Waals surface area contributed by atoms with Gasteiger partial charge in [0.05, 0.1) is 0 Å². The van der Waals surface area contributed by atoms with Crippen molar-refractivity contribution < 1.29 is 5.11 Å². The van der Waals surface area contributed by atoms with E-state index in [2.05, 4.69) is 0 Å². The number of rotatable bonds is 1. The first-order valence-electron chi connectivity index (χ1n) is 4.19. The van der Waals surface area contributed by atoms with E-state index in [0.29, 0.717) is 18.6 Å². The second kappa shape index (κ2) is 3.30.